The van der Waals surface area contributed by atoms with Gasteiger partial charge in [-0.3, -0.25) is 4.98 Å². The van der Waals surface area contributed by atoms with Crippen LogP contribution in [0, 0.1) is 18.6 Å². The molecule has 5 nitrogen and oxygen atoms in total. The number of ether oxygens (including phenoxy) is 1. The Morgan fingerprint density at radius 1 is 1.03 bits per heavy atom. The Labute approximate surface area is 193 Å². The van der Waals surface area contributed by atoms with Crippen molar-refractivity contribution in [1.29, 1.82) is 0 Å². The number of halogens is 2. The minimum absolute atomic E-state index is 0.166. The molecule has 0 atom stereocenters. The van der Waals surface area contributed by atoms with Crippen LogP contribution in [-0.4, -0.2) is 20.1 Å². The summed E-state index contributed by atoms with van der Waals surface area (Å²) in [5.74, 6) is 0.939. The van der Waals surface area contributed by atoms with Crippen molar-refractivity contribution in [3.8, 4) is 23.0 Å². The molecule has 33 heavy (non-hydrogen) atoms. The number of pyridine rings is 1. The van der Waals surface area contributed by atoms with Crippen molar-refractivity contribution in [2.24, 2.45) is 0 Å². The summed E-state index contributed by atoms with van der Waals surface area (Å²) < 4.78 is 34.0. The first-order valence-electron chi connectivity index (χ1n) is 10.3. The molecule has 8 heteroatoms. The Hall–Kier alpha value is -3.36. The molecule has 0 fully saturated rings. The molecule has 0 spiro atoms. The fraction of sp³-hybridized carbons (Fsp3) is 0.160. The maximum atomic E-state index is 14.5. The lowest BCUT2D eigenvalue weighted by molar-refractivity contribution is 0.278. The predicted molar refractivity (Wildman–Crippen MR) is 121 cm³/mol. The molecule has 1 aliphatic heterocycles. The van der Waals surface area contributed by atoms with Gasteiger partial charge in [-0.1, -0.05) is 24.3 Å². The van der Waals surface area contributed by atoms with Gasteiger partial charge in [-0.05, 0) is 36.8 Å². The summed E-state index contributed by atoms with van der Waals surface area (Å²) in [6.45, 7) is 1.66. The highest BCUT2D eigenvalue weighted by Crippen LogP contribution is 2.43. The van der Waals surface area contributed by atoms with E-state index in [4.69, 9.17) is 4.74 Å². The SMILES string of the molecule is Cc1ncc(CO)c2c1Oc1nc(-c3ccccc3F)nc(SCc3ccc(F)cc3)c1C2. The lowest BCUT2D eigenvalue weighted by Gasteiger charge is -2.24. The molecule has 166 valence electrons. The van der Waals surface area contributed by atoms with Gasteiger partial charge in [0.1, 0.15) is 16.7 Å². The van der Waals surface area contributed by atoms with Crippen LogP contribution in [0.4, 0.5) is 8.78 Å². The number of thioether (sulfide) groups is 1. The predicted octanol–water partition coefficient (Wildman–Crippen LogP) is 5.61. The van der Waals surface area contributed by atoms with Gasteiger partial charge in [0, 0.05) is 29.5 Å². The van der Waals surface area contributed by atoms with E-state index in [0.29, 0.717) is 40.1 Å². The van der Waals surface area contributed by atoms with Gasteiger partial charge in [0.2, 0.25) is 5.88 Å². The molecule has 1 N–H and O–H groups in total. The first kappa shape index (κ1) is 21.5. The van der Waals surface area contributed by atoms with E-state index in [1.807, 2.05) is 6.92 Å². The Morgan fingerprint density at radius 3 is 2.58 bits per heavy atom. The second-order valence-corrected chi connectivity index (χ2v) is 8.61. The summed E-state index contributed by atoms with van der Waals surface area (Å²) in [6.07, 6.45) is 2.09. The fourth-order valence-corrected chi connectivity index (χ4v) is 4.69. The van der Waals surface area contributed by atoms with E-state index < -0.39 is 5.82 Å². The summed E-state index contributed by atoms with van der Waals surface area (Å²) >= 11 is 1.45. The zero-order valence-electron chi connectivity index (χ0n) is 17.7. The third-order valence-electron chi connectivity index (χ3n) is 5.46. The van der Waals surface area contributed by atoms with Crippen LogP contribution in [0.2, 0.25) is 0 Å². The molecule has 0 bridgehead atoms. The molecule has 1 aliphatic rings. The number of aliphatic hydroxyl groups excluding tert-OH is 1. The van der Waals surface area contributed by atoms with Gasteiger partial charge in [-0.15, -0.1) is 11.8 Å². The summed E-state index contributed by atoms with van der Waals surface area (Å²) in [4.78, 5) is 13.5. The average Bonchev–Trinajstić information content (AvgIpc) is 2.83. The van der Waals surface area contributed by atoms with Crippen molar-refractivity contribution in [2.45, 2.75) is 30.7 Å². The second-order valence-electron chi connectivity index (χ2n) is 7.64. The zero-order valence-corrected chi connectivity index (χ0v) is 18.5. The van der Waals surface area contributed by atoms with Gasteiger partial charge in [0.25, 0.3) is 0 Å². The van der Waals surface area contributed by atoms with E-state index in [9.17, 15) is 13.9 Å². The van der Waals surface area contributed by atoms with E-state index in [0.717, 1.165) is 16.7 Å². The number of aromatic nitrogens is 3. The summed E-state index contributed by atoms with van der Waals surface area (Å²) in [6, 6.07) is 12.6. The molecule has 0 saturated carbocycles. The maximum absolute atomic E-state index is 14.5. The number of nitrogens with zero attached hydrogens (tertiary/aromatic N) is 3. The summed E-state index contributed by atoms with van der Waals surface area (Å²) in [5.41, 5.74) is 4.15. The molecular weight excluding hydrogens is 444 g/mol. The molecule has 0 unspecified atom stereocenters. The van der Waals surface area contributed by atoms with E-state index in [-0.39, 0.29) is 23.8 Å². The molecule has 2 aromatic carbocycles. The van der Waals surface area contributed by atoms with Crippen LogP contribution in [0.1, 0.15) is 27.9 Å². The first-order valence-corrected chi connectivity index (χ1v) is 11.3. The summed E-state index contributed by atoms with van der Waals surface area (Å²) in [5, 5.41) is 10.4. The van der Waals surface area contributed by atoms with Crippen molar-refractivity contribution in [3.05, 3.63) is 94.3 Å². The smallest absolute Gasteiger partial charge is 0.227 e. The molecule has 0 radical (unpaired) electrons. The van der Waals surface area contributed by atoms with Gasteiger partial charge in [-0.2, -0.15) is 4.98 Å². The molecule has 0 saturated heterocycles. The van der Waals surface area contributed by atoms with Gasteiger partial charge in [0.15, 0.2) is 11.6 Å². The number of aryl methyl sites for hydroxylation is 1. The Morgan fingerprint density at radius 2 is 1.82 bits per heavy atom. The molecule has 5 rings (SSSR count). The largest absolute Gasteiger partial charge is 0.436 e. The fourth-order valence-electron chi connectivity index (χ4n) is 3.71. The normalized spacial score (nSPS) is 12.1. The Kier molecular flexibility index (Phi) is 5.78. The third-order valence-corrected chi connectivity index (χ3v) is 6.55. The van der Waals surface area contributed by atoms with Gasteiger partial charge in [-0.25, -0.2) is 13.8 Å². The van der Waals surface area contributed by atoms with Crippen molar-refractivity contribution in [3.63, 3.8) is 0 Å². The van der Waals surface area contributed by atoms with Crippen LogP contribution in [0.5, 0.6) is 11.6 Å². The van der Waals surface area contributed by atoms with Crippen LogP contribution >= 0.6 is 11.8 Å². The van der Waals surface area contributed by atoms with Crippen LogP contribution < -0.4 is 4.74 Å². The van der Waals surface area contributed by atoms with Gasteiger partial charge in [0.05, 0.1) is 23.4 Å². The lowest BCUT2D eigenvalue weighted by Crippen LogP contribution is -2.13. The number of fused-ring (bicyclic) bond motifs is 2. The number of rotatable bonds is 5. The van der Waals surface area contributed by atoms with Crippen LogP contribution in [-0.2, 0) is 18.8 Å². The van der Waals surface area contributed by atoms with E-state index >= 15 is 0 Å². The van der Waals surface area contributed by atoms with E-state index in [2.05, 4.69) is 15.0 Å². The average molecular weight is 464 g/mol. The standard InChI is InChI=1S/C25H19F2N3O2S/c1-14-22-19(16(12-31)11-28-14)10-20-24(32-22)29-23(18-4-2-3-5-21(18)27)30-25(20)33-13-15-6-8-17(26)9-7-15/h2-9,11,31H,10,12-13H2,1H3. The van der Waals surface area contributed by atoms with Gasteiger partial charge < -0.3 is 9.84 Å². The van der Waals surface area contributed by atoms with E-state index in [1.54, 1.807) is 36.5 Å². The number of hydrogen-bond donors (Lipinski definition) is 1. The molecular formula is C25H19F2N3O2S. The minimum atomic E-state index is -0.427. The Balaban J connectivity index is 1.60. The van der Waals surface area contributed by atoms with Crippen LogP contribution in [0.25, 0.3) is 11.4 Å². The molecule has 3 heterocycles. The third kappa shape index (κ3) is 4.19. The quantitative estimate of drug-likeness (QED) is 0.270. The topological polar surface area (TPSA) is 68.1 Å². The van der Waals surface area contributed by atoms with Gasteiger partial charge >= 0.3 is 0 Å². The Bertz CT molecular complexity index is 1350. The minimum Gasteiger partial charge on any atom is -0.436 e. The highest BCUT2D eigenvalue weighted by Gasteiger charge is 2.28. The van der Waals surface area contributed by atoms with Crippen molar-refractivity contribution in [1.82, 2.24) is 15.0 Å². The van der Waals surface area contributed by atoms with E-state index in [1.165, 1.54) is 30.0 Å². The molecule has 0 amide bonds. The van der Waals surface area contributed by atoms with Crippen molar-refractivity contribution < 1.29 is 18.6 Å². The summed E-state index contributed by atoms with van der Waals surface area (Å²) in [7, 11) is 0. The van der Waals surface area contributed by atoms with Crippen molar-refractivity contribution >= 4 is 11.8 Å². The number of aliphatic hydroxyl groups is 1. The highest BCUT2D eigenvalue weighted by atomic mass is 32.2. The number of benzene rings is 2. The molecule has 4 aromatic rings. The lowest BCUT2D eigenvalue weighted by atomic mass is 9.99. The van der Waals surface area contributed by atoms with Crippen LogP contribution in [0.3, 0.4) is 0 Å². The van der Waals surface area contributed by atoms with Crippen molar-refractivity contribution in [2.75, 3.05) is 0 Å². The maximum Gasteiger partial charge on any atom is 0.227 e. The monoisotopic (exact) mass is 463 g/mol. The molecule has 2 aromatic heterocycles. The highest BCUT2D eigenvalue weighted by molar-refractivity contribution is 7.98. The second kappa shape index (κ2) is 8.88. The zero-order chi connectivity index (χ0) is 22.9. The van der Waals surface area contributed by atoms with Crippen LogP contribution in [0.15, 0.2) is 59.8 Å². The first-order chi connectivity index (χ1) is 16.0. The molecule has 0 aliphatic carbocycles. The number of hydrogen-bond acceptors (Lipinski definition) is 6.